The van der Waals surface area contributed by atoms with Crippen LogP contribution in [0.25, 0.3) is 0 Å². The zero-order valence-electron chi connectivity index (χ0n) is 7.78. The molecule has 0 aliphatic carbocycles. The molecule has 2 aromatic heterocycles. The number of hydrogen-bond donors (Lipinski definition) is 0. The summed E-state index contributed by atoms with van der Waals surface area (Å²) < 4.78 is 3.36. The fourth-order valence-electron chi connectivity index (χ4n) is 0.870. The Kier molecular flexibility index (Phi) is 4.23. The van der Waals surface area contributed by atoms with Crippen molar-refractivity contribution in [2.45, 2.75) is 4.22 Å². The topological polar surface area (TPSA) is 51.6 Å². The molecule has 0 amide bonds. The standard InChI is InChI=1S/C9H8N4Se2/c1-3-12-8(5-10-1)14-7-15-9-6-11-2-4-13-9/h1-6H,7H2. The Bertz CT molecular complexity index is 356. The van der Waals surface area contributed by atoms with Crippen LogP contribution in [0.5, 0.6) is 0 Å². The van der Waals surface area contributed by atoms with Gasteiger partial charge in [0.1, 0.15) is 0 Å². The summed E-state index contributed by atoms with van der Waals surface area (Å²) in [4.78, 5) is 16.6. The van der Waals surface area contributed by atoms with Crippen LogP contribution < -0.4 is 9.18 Å². The van der Waals surface area contributed by atoms with Crippen LogP contribution in [0, 0.1) is 0 Å². The summed E-state index contributed by atoms with van der Waals surface area (Å²) in [5.41, 5.74) is 0. The molecule has 0 aliphatic rings. The van der Waals surface area contributed by atoms with Gasteiger partial charge in [0.25, 0.3) is 0 Å². The van der Waals surface area contributed by atoms with Crippen LogP contribution in [-0.4, -0.2) is 49.8 Å². The molecule has 0 N–H and O–H groups in total. The zero-order valence-corrected chi connectivity index (χ0v) is 11.2. The molecule has 4 nitrogen and oxygen atoms in total. The Morgan fingerprint density at radius 1 is 0.800 bits per heavy atom. The number of hydrogen-bond acceptors (Lipinski definition) is 4. The van der Waals surface area contributed by atoms with Crippen molar-refractivity contribution in [3.05, 3.63) is 37.2 Å². The van der Waals surface area contributed by atoms with Gasteiger partial charge in [0.05, 0.1) is 0 Å². The second-order valence-corrected chi connectivity index (χ2v) is 8.52. The Morgan fingerprint density at radius 2 is 1.33 bits per heavy atom. The van der Waals surface area contributed by atoms with Crippen LogP contribution in [0.2, 0.25) is 4.22 Å². The quantitative estimate of drug-likeness (QED) is 0.675. The summed E-state index contributed by atoms with van der Waals surface area (Å²) in [5.74, 6) is 0. The molecule has 0 aliphatic heterocycles. The van der Waals surface area contributed by atoms with E-state index in [1.165, 1.54) is 0 Å². The predicted octanol–water partition coefficient (Wildman–Crippen LogP) is -0.998. The molecule has 2 heterocycles. The minimum absolute atomic E-state index is 0.409. The Balaban J connectivity index is 1.81. The summed E-state index contributed by atoms with van der Waals surface area (Å²) in [7, 11) is 0. The van der Waals surface area contributed by atoms with Crippen molar-refractivity contribution in [2.75, 3.05) is 0 Å². The average Bonchev–Trinajstić information content (AvgIpc) is 2.32. The molecule has 76 valence electrons. The minimum atomic E-state index is 0.409. The third-order valence-electron chi connectivity index (χ3n) is 1.49. The van der Waals surface area contributed by atoms with E-state index in [0.29, 0.717) is 29.9 Å². The molecule has 2 rings (SSSR count). The molecule has 6 heteroatoms. The van der Waals surface area contributed by atoms with Crippen LogP contribution in [0.1, 0.15) is 0 Å². The fraction of sp³-hybridized carbons (Fsp3) is 0.111. The average molecular weight is 330 g/mol. The van der Waals surface area contributed by atoms with Crippen LogP contribution in [0.15, 0.2) is 37.2 Å². The van der Waals surface area contributed by atoms with E-state index >= 15 is 0 Å². The molecule has 15 heavy (non-hydrogen) atoms. The second kappa shape index (κ2) is 5.93. The van der Waals surface area contributed by atoms with Crippen LogP contribution in [0.3, 0.4) is 0 Å². The molecule has 0 saturated carbocycles. The van der Waals surface area contributed by atoms with Crippen molar-refractivity contribution in [1.29, 1.82) is 0 Å². The van der Waals surface area contributed by atoms with E-state index in [1.54, 1.807) is 24.8 Å². The summed E-state index contributed by atoms with van der Waals surface area (Å²) in [5, 5.41) is 0. The molecule has 0 radical (unpaired) electrons. The third kappa shape index (κ3) is 3.68. The molecule has 0 aromatic carbocycles. The summed E-state index contributed by atoms with van der Waals surface area (Å²) in [6.07, 6.45) is 10.6. The van der Waals surface area contributed by atoms with Gasteiger partial charge in [0.2, 0.25) is 0 Å². The first-order chi connectivity index (χ1) is 7.45. The van der Waals surface area contributed by atoms with E-state index in [9.17, 15) is 0 Å². The third-order valence-corrected chi connectivity index (χ3v) is 6.68. The van der Waals surface area contributed by atoms with Crippen LogP contribution >= 0.6 is 0 Å². The molecular formula is C9H8N4Se2. The first kappa shape index (κ1) is 10.7. The van der Waals surface area contributed by atoms with Crippen molar-refractivity contribution in [3.8, 4) is 0 Å². The van der Waals surface area contributed by atoms with Gasteiger partial charge in [-0.3, -0.25) is 0 Å². The van der Waals surface area contributed by atoms with Crippen LogP contribution in [-0.2, 0) is 0 Å². The van der Waals surface area contributed by atoms with Gasteiger partial charge < -0.3 is 0 Å². The molecule has 0 atom stereocenters. The fourth-order valence-corrected chi connectivity index (χ4v) is 5.91. The van der Waals surface area contributed by atoms with Gasteiger partial charge in [-0.25, -0.2) is 0 Å². The monoisotopic (exact) mass is 332 g/mol. The van der Waals surface area contributed by atoms with E-state index in [4.69, 9.17) is 0 Å². The molecule has 0 spiro atoms. The Morgan fingerprint density at radius 3 is 1.73 bits per heavy atom. The van der Waals surface area contributed by atoms with E-state index in [0.717, 1.165) is 13.4 Å². The van der Waals surface area contributed by atoms with Gasteiger partial charge in [0.15, 0.2) is 0 Å². The normalized spacial score (nSPS) is 10.1. The van der Waals surface area contributed by atoms with E-state index in [2.05, 4.69) is 19.9 Å². The number of aromatic nitrogens is 4. The maximum absolute atomic E-state index is 4.25. The van der Waals surface area contributed by atoms with Gasteiger partial charge in [-0.15, -0.1) is 0 Å². The summed E-state index contributed by atoms with van der Waals surface area (Å²) >= 11 is 0.817. The van der Waals surface area contributed by atoms with Crippen molar-refractivity contribution in [2.24, 2.45) is 0 Å². The molecular weight excluding hydrogens is 322 g/mol. The van der Waals surface area contributed by atoms with Gasteiger partial charge in [0, 0.05) is 0 Å². The van der Waals surface area contributed by atoms with Gasteiger partial charge in [-0.05, 0) is 0 Å². The molecule has 0 bridgehead atoms. The van der Waals surface area contributed by atoms with Crippen LogP contribution in [0.4, 0.5) is 0 Å². The first-order valence-corrected chi connectivity index (χ1v) is 8.36. The van der Waals surface area contributed by atoms with E-state index in [-0.39, 0.29) is 0 Å². The number of nitrogens with zero attached hydrogens (tertiary/aromatic N) is 4. The maximum atomic E-state index is 4.25. The summed E-state index contributed by atoms with van der Waals surface area (Å²) in [6.45, 7) is 0. The van der Waals surface area contributed by atoms with E-state index < -0.39 is 0 Å². The molecule has 0 unspecified atom stereocenters. The predicted molar refractivity (Wildman–Crippen MR) is 59.6 cm³/mol. The SMILES string of the molecule is c1cnc([Se]C[Se]c2cnccn2)cn1. The molecule has 0 fully saturated rings. The Labute approximate surface area is 100 Å². The van der Waals surface area contributed by atoms with Gasteiger partial charge >= 0.3 is 100 Å². The van der Waals surface area contributed by atoms with Crippen molar-refractivity contribution < 1.29 is 0 Å². The first-order valence-electron chi connectivity index (χ1n) is 4.23. The van der Waals surface area contributed by atoms with Gasteiger partial charge in [-0.2, -0.15) is 0 Å². The van der Waals surface area contributed by atoms with Gasteiger partial charge in [-0.1, -0.05) is 0 Å². The number of rotatable bonds is 4. The van der Waals surface area contributed by atoms with Crippen molar-refractivity contribution in [1.82, 2.24) is 19.9 Å². The molecule has 2 aromatic rings. The van der Waals surface area contributed by atoms with Crippen molar-refractivity contribution in [3.63, 3.8) is 0 Å². The Hall–Kier alpha value is -0.801. The van der Waals surface area contributed by atoms with Crippen molar-refractivity contribution >= 4 is 39.1 Å². The molecule has 0 saturated heterocycles. The second-order valence-electron chi connectivity index (χ2n) is 2.49. The van der Waals surface area contributed by atoms with E-state index in [1.807, 2.05) is 12.4 Å². The zero-order chi connectivity index (χ0) is 10.3. The summed E-state index contributed by atoms with van der Waals surface area (Å²) in [6, 6.07) is 0.